The van der Waals surface area contributed by atoms with Crippen LogP contribution in [0.2, 0.25) is 0 Å². The van der Waals surface area contributed by atoms with Crippen molar-refractivity contribution in [1.29, 1.82) is 0 Å². The van der Waals surface area contributed by atoms with Crippen molar-refractivity contribution in [2.24, 2.45) is 0 Å². The second-order valence-electron chi connectivity index (χ2n) is 8.57. The highest BCUT2D eigenvalue weighted by Crippen LogP contribution is 2.26. The molecule has 3 aromatic carbocycles. The Morgan fingerprint density at radius 2 is 1.62 bits per heavy atom. The molecule has 6 nitrogen and oxygen atoms in total. The fourth-order valence-electron chi connectivity index (χ4n) is 4.26. The number of aromatic nitrogens is 2. The molecule has 0 aliphatic carbocycles. The highest BCUT2D eigenvalue weighted by molar-refractivity contribution is 6.08. The van der Waals surface area contributed by atoms with Crippen molar-refractivity contribution in [3.63, 3.8) is 0 Å². The zero-order valence-electron chi connectivity index (χ0n) is 19.1. The number of anilines is 1. The zero-order valence-corrected chi connectivity index (χ0v) is 19.1. The maximum Gasteiger partial charge on any atom is 0.259 e. The first-order valence-corrected chi connectivity index (χ1v) is 11.5. The summed E-state index contributed by atoms with van der Waals surface area (Å²) < 4.78 is 1.73. The van der Waals surface area contributed by atoms with Crippen molar-refractivity contribution in [2.45, 2.75) is 19.8 Å². The van der Waals surface area contributed by atoms with Gasteiger partial charge in [0, 0.05) is 36.1 Å². The van der Waals surface area contributed by atoms with Crippen LogP contribution in [0.3, 0.4) is 0 Å². The van der Waals surface area contributed by atoms with Gasteiger partial charge in [-0.1, -0.05) is 42.0 Å². The topological polar surface area (TPSA) is 67.2 Å². The van der Waals surface area contributed by atoms with Crippen molar-refractivity contribution >= 4 is 17.5 Å². The average Bonchev–Trinajstić information content (AvgIpc) is 3.56. The van der Waals surface area contributed by atoms with Gasteiger partial charge in [-0.05, 0) is 62.2 Å². The maximum absolute atomic E-state index is 13.3. The van der Waals surface area contributed by atoms with Gasteiger partial charge in [-0.3, -0.25) is 9.59 Å². The number of hydrogen-bond donors (Lipinski definition) is 1. The van der Waals surface area contributed by atoms with E-state index in [1.165, 1.54) is 0 Å². The Bertz CT molecular complexity index is 1320. The van der Waals surface area contributed by atoms with E-state index in [0.717, 1.165) is 42.7 Å². The van der Waals surface area contributed by atoms with Crippen LogP contribution in [0.25, 0.3) is 16.9 Å². The summed E-state index contributed by atoms with van der Waals surface area (Å²) in [5.74, 6) is -0.210. The van der Waals surface area contributed by atoms with Gasteiger partial charge in [0.05, 0.1) is 11.3 Å². The van der Waals surface area contributed by atoms with Crippen LogP contribution in [-0.4, -0.2) is 39.6 Å². The van der Waals surface area contributed by atoms with Crippen LogP contribution >= 0.6 is 0 Å². The lowest BCUT2D eigenvalue weighted by atomic mass is 10.1. The molecule has 1 aromatic heterocycles. The molecule has 34 heavy (non-hydrogen) atoms. The third-order valence-corrected chi connectivity index (χ3v) is 6.05. The number of carbonyl (C=O) groups excluding carboxylic acids is 2. The molecule has 5 rings (SSSR count). The minimum absolute atomic E-state index is 0.0428. The number of nitrogens with one attached hydrogen (secondary N) is 1. The Balaban J connectivity index is 1.42. The van der Waals surface area contributed by atoms with E-state index < -0.39 is 0 Å². The quantitative estimate of drug-likeness (QED) is 0.447. The normalized spacial score (nSPS) is 13.1. The lowest BCUT2D eigenvalue weighted by Gasteiger charge is -2.15. The molecule has 170 valence electrons. The second kappa shape index (κ2) is 9.35. The molecule has 1 aliphatic rings. The second-order valence-corrected chi connectivity index (χ2v) is 8.57. The summed E-state index contributed by atoms with van der Waals surface area (Å²) in [6, 6.07) is 24.8. The molecule has 0 saturated carbocycles. The Morgan fingerprint density at radius 1 is 0.882 bits per heavy atom. The minimum Gasteiger partial charge on any atom is -0.339 e. The smallest absolute Gasteiger partial charge is 0.259 e. The molecular weight excluding hydrogens is 424 g/mol. The molecule has 1 fully saturated rings. The fourth-order valence-corrected chi connectivity index (χ4v) is 4.26. The minimum atomic E-state index is -0.252. The van der Waals surface area contributed by atoms with Gasteiger partial charge in [0.25, 0.3) is 11.8 Å². The van der Waals surface area contributed by atoms with Gasteiger partial charge >= 0.3 is 0 Å². The molecule has 1 aliphatic heterocycles. The van der Waals surface area contributed by atoms with Crippen molar-refractivity contribution in [3.8, 4) is 16.9 Å². The van der Waals surface area contributed by atoms with E-state index in [0.29, 0.717) is 22.5 Å². The summed E-state index contributed by atoms with van der Waals surface area (Å²) in [6.45, 7) is 3.64. The van der Waals surface area contributed by atoms with Crippen molar-refractivity contribution in [3.05, 3.63) is 102 Å². The Hall–Kier alpha value is -4.19. The predicted octanol–water partition coefficient (Wildman–Crippen LogP) is 5.34. The monoisotopic (exact) mass is 450 g/mol. The highest BCUT2D eigenvalue weighted by atomic mass is 16.2. The van der Waals surface area contributed by atoms with Crippen LogP contribution < -0.4 is 5.32 Å². The summed E-state index contributed by atoms with van der Waals surface area (Å²) in [5, 5.41) is 7.71. The third-order valence-electron chi connectivity index (χ3n) is 6.05. The Morgan fingerprint density at radius 3 is 2.32 bits per heavy atom. The van der Waals surface area contributed by atoms with E-state index in [2.05, 4.69) is 5.32 Å². The molecule has 0 unspecified atom stereocenters. The van der Waals surface area contributed by atoms with E-state index >= 15 is 0 Å². The van der Waals surface area contributed by atoms with E-state index in [4.69, 9.17) is 5.10 Å². The zero-order chi connectivity index (χ0) is 23.5. The van der Waals surface area contributed by atoms with Crippen LogP contribution in [0.15, 0.2) is 85.1 Å². The van der Waals surface area contributed by atoms with Gasteiger partial charge in [-0.15, -0.1) is 0 Å². The molecule has 0 atom stereocenters. The molecule has 1 saturated heterocycles. The lowest BCUT2D eigenvalue weighted by molar-refractivity contribution is 0.0792. The number of nitrogens with zero attached hydrogens (tertiary/aromatic N) is 3. The molecule has 2 heterocycles. The van der Waals surface area contributed by atoms with Gasteiger partial charge < -0.3 is 10.2 Å². The van der Waals surface area contributed by atoms with Gasteiger partial charge in [0.1, 0.15) is 5.69 Å². The maximum atomic E-state index is 13.3. The molecular formula is C28H26N4O2. The molecule has 1 N–H and O–H groups in total. The first kappa shape index (κ1) is 21.6. The Labute approximate surface area is 198 Å². The number of carbonyl (C=O) groups is 2. The number of benzene rings is 3. The average molecular weight is 451 g/mol. The standard InChI is InChI=1S/C28H26N4O2/c1-20-8-7-9-22(18-20)26-25(19-32(30-26)24-10-3-2-4-11-24)27(33)29-23-14-12-21(13-15-23)28(34)31-16-5-6-17-31/h2-4,7-15,18-19H,5-6,16-17H2,1H3,(H,29,33). The number of rotatable bonds is 5. The number of amides is 2. The molecule has 2 amide bonds. The van der Waals surface area contributed by atoms with Crippen molar-refractivity contribution < 1.29 is 9.59 Å². The highest BCUT2D eigenvalue weighted by Gasteiger charge is 2.21. The van der Waals surface area contributed by atoms with Gasteiger partial charge in [0.2, 0.25) is 0 Å². The first-order chi connectivity index (χ1) is 16.6. The van der Waals surface area contributed by atoms with Crippen LogP contribution in [0, 0.1) is 6.92 Å². The summed E-state index contributed by atoms with van der Waals surface area (Å²) >= 11 is 0. The molecule has 0 bridgehead atoms. The van der Waals surface area contributed by atoms with E-state index in [1.54, 1.807) is 35.1 Å². The van der Waals surface area contributed by atoms with Crippen LogP contribution in [0.1, 0.15) is 39.1 Å². The van der Waals surface area contributed by atoms with E-state index in [9.17, 15) is 9.59 Å². The molecule has 0 radical (unpaired) electrons. The van der Waals surface area contributed by atoms with Gasteiger partial charge in [0.15, 0.2) is 0 Å². The van der Waals surface area contributed by atoms with Crippen molar-refractivity contribution in [2.75, 3.05) is 18.4 Å². The Kier molecular flexibility index (Phi) is 5.95. The van der Waals surface area contributed by atoms with E-state index in [1.807, 2.05) is 66.4 Å². The van der Waals surface area contributed by atoms with Crippen LogP contribution in [-0.2, 0) is 0 Å². The number of likely N-dealkylation sites (tertiary alicyclic amines) is 1. The number of hydrogen-bond acceptors (Lipinski definition) is 3. The number of para-hydroxylation sites is 1. The fraction of sp³-hybridized carbons (Fsp3) is 0.179. The molecule has 4 aromatic rings. The largest absolute Gasteiger partial charge is 0.339 e. The van der Waals surface area contributed by atoms with E-state index in [-0.39, 0.29) is 11.8 Å². The first-order valence-electron chi connectivity index (χ1n) is 11.5. The summed E-state index contributed by atoms with van der Waals surface area (Å²) in [6.07, 6.45) is 3.87. The lowest BCUT2D eigenvalue weighted by Crippen LogP contribution is -2.27. The number of aryl methyl sites for hydroxylation is 1. The van der Waals surface area contributed by atoms with Crippen LogP contribution in [0.5, 0.6) is 0 Å². The SMILES string of the molecule is Cc1cccc(-c2nn(-c3ccccc3)cc2C(=O)Nc2ccc(C(=O)N3CCCC3)cc2)c1. The summed E-state index contributed by atoms with van der Waals surface area (Å²) in [4.78, 5) is 27.8. The predicted molar refractivity (Wildman–Crippen MR) is 133 cm³/mol. The summed E-state index contributed by atoms with van der Waals surface area (Å²) in [5.41, 5.74) is 5.21. The molecule has 6 heteroatoms. The van der Waals surface area contributed by atoms with Crippen molar-refractivity contribution in [1.82, 2.24) is 14.7 Å². The van der Waals surface area contributed by atoms with Gasteiger partial charge in [-0.2, -0.15) is 5.10 Å². The third kappa shape index (κ3) is 4.48. The summed E-state index contributed by atoms with van der Waals surface area (Å²) in [7, 11) is 0. The van der Waals surface area contributed by atoms with Gasteiger partial charge in [-0.25, -0.2) is 4.68 Å². The van der Waals surface area contributed by atoms with Crippen LogP contribution in [0.4, 0.5) is 5.69 Å². The molecule has 0 spiro atoms.